The van der Waals surface area contributed by atoms with Crippen molar-refractivity contribution in [3.05, 3.63) is 50.6 Å². The van der Waals surface area contributed by atoms with Crippen molar-refractivity contribution < 1.29 is 45.2 Å². The Morgan fingerprint density at radius 3 is 2.08 bits per heavy atom. The molecule has 0 heterocycles. The summed E-state index contributed by atoms with van der Waals surface area (Å²) in [6, 6.07) is 3.48. The molecule has 1 N–H and O–H groups in total. The third-order valence-electron chi connectivity index (χ3n) is 2.81. The first-order valence-electron chi connectivity index (χ1n) is 5.97. The summed E-state index contributed by atoms with van der Waals surface area (Å²) in [5, 5.41) is 9.52. The minimum atomic E-state index is -5.88. The van der Waals surface area contributed by atoms with Gasteiger partial charge in [-0.25, -0.2) is 22.0 Å². The molecule has 0 atom stereocenters. The van der Waals surface area contributed by atoms with Crippen LogP contribution in [0, 0.1) is 26.8 Å². The molecule has 0 radical (unpaired) electrons. The molecular weight excluding hydrogens is 487 g/mol. The van der Waals surface area contributed by atoms with Crippen molar-refractivity contribution in [2.45, 2.75) is 4.90 Å². The van der Waals surface area contributed by atoms with Crippen molar-refractivity contribution in [3.63, 3.8) is 0 Å². The normalized spacial score (nSPS) is 11.4. The Kier molecular flexibility index (Phi) is 5.24. The Morgan fingerprint density at radius 1 is 1.08 bits per heavy atom. The number of esters is 1. The zero-order chi connectivity index (χ0) is 19.1. The van der Waals surface area contributed by atoms with Crippen LogP contribution < -0.4 is 4.74 Å². The quantitative estimate of drug-likeness (QED) is 0.177. The van der Waals surface area contributed by atoms with E-state index in [1.807, 2.05) is 0 Å². The van der Waals surface area contributed by atoms with Crippen LogP contribution >= 0.6 is 22.6 Å². The van der Waals surface area contributed by atoms with Crippen LogP contribution in [0.5, 0.6) is 11.5 Å². The predicted octanol–water partition coefficient (Wildman–Crippen LogP) is 2.68. The third-order valence-corrected chi connectivity index (χ3v) is 4.34. The zero-order valence-corrected chi connectivity index (χ0v) is 14.5. The number of ether oxygens (including phenoxy) is 1. The van der Waals surface area contributed by atoms with Gasteiger partial charge in [-0.3, -0.25) is 0 Å². The van der Waals surface area contributed by atoms with Crippen LogP contribution in [-0.4, -0.2) is 24.0 Å². The van der Waals surface area contributed by atoms with Gasteiger partial charge in [0.1, 0.15) is 26.3 Å². The molecule has 0 aromatic heterocycles. The number of hydrogen-bond acceptors (Lipinski definition) is 6. The highest BCUT2D eigenvalue weighted by atomic mass is 127. The molecule has 2 aromatic carbocycles. The van der Waals surface area contributed by atoms with E-state index in [-0.39, 0.29) is 0 Å². The standard InChI is InChI=1S/C13H5F4IO6S/c14-7-9(16)12(25(21,22)23)10(17)8(15)11(7)24-13(20)5-3-4(18)1-2-6(5)19/h1-3,19H,(H,21,22,23)/p-1. The molecule has 25 heavy (non-hydrogen) atoms. The summed E-state index contributed by atoms with van der Waals surface area (Å²) in [6.45, 7) is 0. The van der Waals surface area contributed by atoms with Gasteiger partial charge in [0.15, 0.2) is 11.6 Å². The first-order valence-corrected chi connectivity index (χ1v) is 8.46. The first-order chi connectivity index (χ1) is 11.4. The number of hydrogen-bond donors (Lipinski definition) is 1. The number of halogens is 5. The number of rotatable bonds is 3. The second-order valence-electron chi connectivity index (χ2n) is 4.42. The lowest BCUT2D eigenvalue weighted by molar-refractivity contribution is 0.0713. The average molecular weight is 491 g/mol. The van der Waals surface area contributed by atoms with Gasteiger partial charge in [-0.1, -0.05) is 0 Å². The van der Waals surface area contributed by atoms with Crippen molar-refractivity contribution in [2.24, 2.45) is 0 Å². The molecule has 0 amide bonds. The summed E-state index contributed by atoms with van der Waals surface area (Å²) in [6.07, 6.45) is 0. The van der Waals surface area contributed by atoms with Gasteiger partial charge in [-0.05, 0) is 40.8 Å². The van der Waals surface area contributed by atoms with Gasteiger partial charge in [0, 0.05) is 3.57 Å². The highest BCUT2D eigenvalue weighted by Crippen LogP contribution is 2.33. The molecule has 134 valence electrons. The second-order valence-corrected chi connectivity index (χ2v) is 6.98. The molecule has 0 aliphatic heterocycles. The topological polar surface area (TPSA) is 104 Å². The van der Waals surface area contributed by atoms with Crippen molar-refractivity contribution >= 4 is 38.7 Å². The van der Waals surface area contributed by atoms with Crippen LogP contribution in [0.2, 0.25) is 0 Å². The van der Waals surface area contributed by atoms with E-state index in [0.717, 1.165) is 12.1 Å². The lowest BCUT2D eigenvalue weighted by Gasteiger charge is -2.14. The van der Waals surface area contributed by atoms with Gasteiger partial charge in [-0.2, -0.15) is 8.78 Å². The molecule has 0 saturated heterocycles. The van der Waals surface area contributed by atoms with Gasteiger partial charge in [0.05, 0.1) is 0 Å². The Bertz CT molecular complexity index is 963. The molecule has 0 aliphatic carbocycles. The summed E-state index contributed by atoms with van der Waals surface area (Å²) >= 11 is 1.74. The number of phenolic OH excluding ortho intramolecular Hbond substituents is 1. The van der Waals surface area contributed by atoms with Gasteiger partial charge >= 0.3 is 5.97 Å². The minimum Gasteiger partial charge on any atom is -0.744 e. The van der Waals surface area contributed by atoms with E-state index < -0.39 is 61.3 Å². The summed E-state index contributed by atoms with van der Waals surface area (Å²) in [5.74, 6) is -14.0. The maximum absolute atomic E-state index is 13.8. The van der Waals surface area contributed by atoms with Crippen molar-refractivity contribution in [1.29, 1.82) is 0 Å². The van der Waals surface area contributed by atoms with Crippen LogP contribution in [0.3, 0.4) is 0 Å². The average Bonchev–Trinajstić information content (AvgIpc) is 2.50. The Labute approximate surface area is 150 Å². The highest BCUT2D eigenvalue weighted by molar-refractivity contribution is 14.1. The summed E-state index contributed by atoms with van der Waals surface area (Å²) in [4.78, 5) is 9.48. The number of carbonyl (C=O) groups is 1. The lowest BCUT2D eigenvalue weighted by atomic mass is 10.2. The smallest absolute Gasteiger partial charge is 0.347 e. The first kappa shape index (κ1) is 19.4. The summed E-state index contributed by atoms with van der Waals surface area (Å²) < 4.78 is 91.4. The van der Waals surface area contributed by atoms with Gasteiger partial charge < -0.3 is 14.4 Å². The van der Waals surface area contributed by atoms with E-state index in [9.17, 15) is 40.4 Å². The van der Waals surface area contributed by atoms with E-state index in [2.05, 4.69) is 4.74 Å². The molecule has 0 saturated carbocycles. The van der Waals surface area contributed by atoms with Crippen LogP contribution in [0.25, 0.3) is 0 Å². The van der Waals surface area contributed by atoms with Crippen LogP contribution in [0.1, 0.15) is 10.4 Å². The number of carbonyl (C=O) groups excluding carboxylic acids is 1. The molecule has 0 spiro atoms. The monoisotopic (exact) mass is 491 g/mol. The molecule has 0 fully saturated rings. The van der Waals surface area contributed by atoms with Crippen LogP contribution in [0.4, 0.5) is 17.6 Å². The predicted molar refractivity (Wildman–Crippen MR) is 80.0 cm³/mol. The fourth-order valence-electron chi connectivity index (χ4n) is 1.72. The van der Waals surface area contributed by atoms with Crippen molar-refractivity contribution in [3.8, 4) is 11.5 Å². The minimum absolute atomic E-state index is 0.411. The molecule has 0 bridgehead atoms. The number of aromatic hydroxyl groups is 1. The third kappa shape index (κ3) is 3.69. The Morgan fingerprint density at radius 2 is 1.60 bits per heavy atom. The fourth-order valence-corrected chi connectivity index (χ4v) is 2.83. The zero-order valence-electron chi connectivity index (χ0n) is 11.5. The van der Waals surface area contributed by atoms with Crippen molar-refractivity contribution in [1.82, 2.24) is 0 Å². The fraction of sp³-hybridized carbons (Fsp3) is 0. The van der Waals surface area contributed by atoms with Gasteiger partial charge in [0.2, 0.25) is 17.4 Å². The molecule has 6 nitrogen and oxygen atoms in total. The van der Waals surface area contributed by atoms with Gasteiger partial charge in [0.25, 0.3) is 0 Å². The van der Waals surface area contributed by atoms with Gasteiger partial charge in [-0.15, -0.1) is 0 Å². The van der Waals surface area contributed by atoms with E-state index in [1.165, 1.54) is 6.07 Å². The number of phenols is 1. The molecule has 0 aliphatic rings. The summed E-state index contributed by atoms with van der Waals surface area (Å²) in [5.41, 5.74) is -0.577. The van der Waals surface area contributed by atoms with Crippen molar-refractivity contribution in [2.75, 3.05) is 0 Å². The maximum atomic E-state index is 13.8. The molecule has 0 unspecified atom stereocenters. The van der Waals surface area contributed by atoms with E-state index in [0.29, 0.717) is 3.57 Å². The molecule has 2 rings (SSSR count). The van der Waals surface area contributed by atoms with E-state index in [1.54, 1.807) is 22.6 Å². The maximum Gasteiger partial charge on any atom is 0.347 e. The Hall–Kier alpha value is -1.93. The van der Waals surface area contributed by atoms with E-state index in [4.69, 9.17) is 0 Å². The summed E-state index contributed by atoms with van der Waals surface area (Å²) in [7, 11) is -5.88. The highest BCUT2D eigenvalue weighted by Gasteiger charge is 2.31. The second kappa shape index (κ2) is 6.76. The van der Waals surface area contributed by atoms with Crippen LogP contribution in [0.15, 0.2) is 23.1 Å². The lowest BCUT2D eigenvalue weighted by Crippen LogP contribution is -2.16. The van der Waals surface area contributed by atoms with E-state index >= 15 is 0 Å². The molecule has 2 aromatic rings. The Balaban J connectivity index is 2.58. The SMILES string of the molecule is O=C(Oc1c(F)c(F)c(S(=O)(=O)[O-])c(F)c1F)c1cc(I)ccc1O. The largest absolute Gasteiger partial charge is 0.744 e. The number of benzene rings is 2. The van der Waals surface area contributed by atoms with Crippen LogP contribution in [-0.2, 0) is 10.1 Å². The molecule has 12 heteroatoms. The molecular formula is C13H4F4IO6S-.